The summed E-state index contributed by atoms with van der Waals surface area (Å²) in [5.41, 5.74) is 1.50. The molecule has 5 nitrogen and oxygen atoms in total. The van der Waals surface area contributed by atoms with E-state index in [1.165, 1.54) is 12.1 Å². The van der Waals surface area contributed by atoms with Crippen molar-refractivity contribution in [1.82, 2.24) is 0 Å². The first-order valence-electron chi connectivity index (χ1n) is 6.08. The lowest BCUT2D eigenvalue weighted by molar-refractivity contribution is -0.117. The highest BCUT2D eigenvalue weighted by molar-refractivity contribution is 9.10. The molecule has 1 amide bonds. The van der Waals surface area contributed by atoms with E-state index in [0.29, 0.717) is 10.4 Å². The van der Waals surface area contributed by atoms with Gasteiger partial charge in [0.1, 0.15) is 0 Å². The van der Waals surface area contributed by atoms with Gasteiger partial charge in [0.25, 0.3) is 0 Å². The average Bonchev–Trinajstić information content (AvgIpc) is 2.86. The van der Waals surface area contributed by atoms with Crippen molar-refractivity contribution in [3.05, 3.63) is 52.4 Å². The van der Waals surface area contributed by atoms with Gasteiger partial charge in [0.05, 0.1) is 6.07 Å². The Morgan fingerprint density at radius 3 is 2.67 bits per heavy atom. The number of hydrogen-bond acceptors (Lipinski definition) is 4. The van der Waals surface area contributed by atoms with Crippen LogP contribution in [0.1, 0.15) is 16.1 Å². The highest BCUT2D eigenvalue weighted by Crippen LogP contribution is 2.18. The zero-order valence-electron chi connectivity index (χ0n) is 11.1. The number of Topliss-reactive ketones (excluding diaryl/α,β-unsaturated/α-hetero) is 1. The first kappa shape index (κ1) is 15.0. The van der Waals surface area contributed by atoms with Gasteiger partial charge < -0.3 is 9.73 Å². The van der Waals surface area contributed by atoms with Crippen molar-refractivity contribution in [1.29, 1.82) is 5.26 Å². The molecule has 0 radical (unpaired) electrons. The summed E-state index contributed by atoms with van der Waals surface area (Å²) in [6.45, 7) is 1.88. The number of carbonyl (C=O) groups excluding carboxylic acids is 2. The van der Waals surface area contributed by atoms with Crippen molar-refractivity contribution in [2.75, 3.05) is 5.32 Å². The zero-order valence-corrected chi connectivity index (χ0v) is 12.7. The third-order valence-electron chi connectivity index (χ3n) is 2.76. The molecule has 0 spiro atoms. The van der Waals surface area contributed by atoms with Crippen LogP contribution < -0.4 is 5.32 Å². The Hall–Kier alpha value is -2.39. The minimum atomic E-state index is -1.46. The summed E-state index contributed by atoms with van der Waals surface area (Å²) in [6.07, 6.45) is 0. The topological polar surface area (TPSA) is 83.1 Å². The molecular weight excluding hydrogens is 336 g/mol. The first-order chi connectivity index (χ1) is 10.0. The number of furan rings is 1. The molecule has 0 bridgehead atoms. The van der Waals surface area contributed by atoms with Gasteiger partial charge in [0, 0.05) is 5.69 Å². The van der Waals surface area contributed by atoms with Crippen LogP contribution >= 0.6 is 15.9 Å². The van der Waals surface area contributed by atoms with Crippen molar-refractivity contribution in [2.45, 2.75) is 6.92 Å². The van der Waals surface area contributed by atoms with Gasteiger partial charge in [-0.25, -0.2) is 0 Å². The maximum atomic E-state index is 12.1. The van der Waals surface area contributed by atoms with Crippen LogP contribution in [0.25, 0.3) is 0 Å². The van der Waals surface area contributed by atoms with E-state index < -0.39 is 17.6 Å². The highest BCUT2D eigenvalue weighted by atomic mass is 79.9. The summed E-state index contributed by atoms with van der Waals surface area (Å²) in [5, 5.41) is 11.6. The van der Waals surface area contributed by atoms with Gasteiger partial charge in [-0.15, -0.1) is 0 Å². The van der Waals surface area contributed by atoms with E-state index in [0.717, 1.165) is 5.56 Å². The molecule has 1 aromatic carbocycles. The van der Waals surface area contributed by atoms with Crippen LogP contribution in [0.3, 0.4) is 0 Å². The smallest absolute Gasteiger partial charge is 0.249 e. The fourth-order valence-corrected chi connectivity index (χ4v) is 2.07. The monoisotopic (exact) mass is 346 g/mol. The van der Waals surface area contributed by atoms with Gasteiger partial charge in [-0.2, -0.15) is 5.26 Å². The number of carbonyl (C=O) groups is 2. The Bertz CT molecular complexity index is 731. The van der Waals surface area contributed by atoms with Crippen molar-refractivity contribution in [3.8, 4) is 6.07 Å². The summed E-state index contributed by atoms with van der Waals surface area (Å²) in [5.74, 6) is -2.84. The van der Waals surface area contributed by atoms with E-state index in [4.69, 9.17) is 9.68 Å². The van der Waals surface area contributed by atoms with E-state index in [1.807, 2.05) is 13.0 Å². The number of anilines is 1. The number of rotatable bonds is 4. The summed E-state index contributed by atoms with van der Waals surface area (Å²) < 4.78 is 5.45. The molecule has 0 saturated heterocycles. The largest absolute Gasteiger partial charge is 0.446 e. The lowest BCUT2D eigenvalue weighted by Gasteiger charge is -2.08. The molecular formula is C15H11BrN2O3. The van der Waals surface area contributed by atoms with Crippen molar-refractivity contribution >= 4 is 33.3 Å². The average molecular weight is 347 g/mol. The summed E-state index contributed by atoms with van der Waals surface area (Å²) in [6, 6.07) is 11.7. The van der Waals surface area contributed by atoms with Crippen LogP contribution in [0.4, 0.5) is 5.69 Å². The Morgan fingerprint density at radius 2 is 2.10 bits per heavy atom. The van der Waals surface area contributed by atoms with E-state index >= 15 is 0 Å². The minimum Gasteiger partial charge on any atom is -0.446 e. The van der Waals surface area contributed by atoms with Crippen LogP contribution in [0, 0.1) is 24.2 Å². The van der Waals surface area contributed by atoms with Crippen molar-refractivity contribution < 1.29 is 14.0 Å². The van der Waals surface area contributed by atoms with E-state index in [1.54, 1.807) is 24.3 Å². The normalized spacial score (nSPS) is 11.5. The summed E-state index contributed by atoms with van der Waals surface area (Å²) in [7, 11) is 0. The molecule has 1 aromatic heterocycles. The zero-order chi connectivity index (χ0) is 15.4. The van der Waals surface area contributed by atoms with E-state index in [-0.39, 0.29) is 5.76 Å². The van der Waals surface area contributed by atoms with E-state index in [2.05, 4.69) is 21.2 Å². The molecule has 1 N–H and O–H groups in total. The number of amides is 1. The van der Waals surface area contributed by atoms with Crippen LogP contribution in [-0.4, -0.2) is 11.7 Å². The standard InChI is InChI=1S/C15H11BrN2O3/c1-9-3-2-4-10(7-9)18-15(20)11(8-17)14(19)12-5-6-13(16)21-12/h2-7,11H,1H3,(H,18,20). The fourth-order valence-electron chi connectivity index (χ4n) is 1.76. The molecule has 106 valence electrons. The first-order valence-corrected chi connectivity index (χ1v) is 6.87. The molecule has 1 heterocycles. The van der Waals surface area contributed by atoms with E-state index in [9.17, 15) is 9.59 Å². The van der Waals surface area contributed by atoms with Gasteiger partial charge in [-0.1, -0.05) is 12.1 Å². The van der Waals surface area contributed by atoms with Crippen LogP contribution in [0.15, 0.2) is 45.5 Å². The van der Waals surface area contributed by atoms with Gasteiger partial charge in [0.2, 0.25) is 11.7 Å². The number of benzene rings is 1. The molecule has 0 aliphatic rings. The predicted molar refractivity (Wildman–Crippen MR) is 79.7 cm³/mol. The highest BCUT2D eigenvalue weighted by Gasteiger charge is 2.29. The Morgan fingerprint density at radius 1 is 1.33 bits per heavy atom. The third kappa shape index (κ3) is 3.58. The molecule has 1 atom stereocenters. The lowest BCUT2D eigenvalue weighted by Crippen LogP contribution is -2.28. The summed E-state index contributed by atoms with van der Waals surface area (Å²) in [4.78, 5) is 24.2. The number of nitrogens with zero attached hydrogens (tertiary/aromatic N) is 1. The Labute approximate surface area is 129 Å². The second-order valence-electron chi connectivity index (χ2n) is 4.39. The van der Waals surface area contributed by atoms with Gasteiger partial charge in [0.15, 0.2) is 16.3 Å². The number of hydrogen-bond donors (Lipinski definition) is 1. The molecule has 0 fully saturated rings. The molecule has 6 heteroatoms. The predicted octanol–water partition coefficient (Wildman–Crippen LogP) is 3.31. The molecule has 1 unspecified atom stereocenters. The third-order valence-corrected chi connectivity index (χ3v) is 3.18. The SMILES string of the molecule is Cc1cccc(NC(=O)C(C#N)C(=O)c2ccc(Br)o2)c1. The van der Waals surface area contributed by atoms with Gasteiger partial charge in [-0.05, 0) is 52.7 Å². The number of nitriles is 1. The van der Waals surface area contributed by atoms with Gasteiger partial charge in [-0.3, -0.25) is 9.59 Å². The number of halogens is 1. The number of ketones is 1. The van der Waals surface area contributed by atoms with Crippen LogP contribution in [0.2, 0.25) is 0 Å². The second-order valence-corrected chi connectivity index (χ2v) is 5.17. The molecule has 0 saturated carbocycles. The van der Waals surface area contributed by atoms with Crippen LogP contribution in [0.5, 0.6) is 0 Å². The quantitative estimate of drug-likeness (QED) is 0.679. The van der Waals surface area contributed by atoms with Crippen LogP contribution in [-0.2, 0) is 4.79 Å². The summed E-state index contributed by atoms with van der Waals surface area (Å²) >= 11 is 3.07. The van der Waals surface area contributed by atoms with Gasteiger partial charge >= 0.3 is 0 Å². The molecule has 0 aliphatic heterocycles. The molecule has 0 aliphatic carbocycles. The fraction of sp³-hybridized carbons (Fsp3) is 0.133. The molecule has 2 rings (SSSR count). The Kier molecular flexibility index (Phi) is 4.55. The van der Waals surface area contributed by atoms with Crippen molar-refractivity contribution in [2.24, 2.45) is 5.92 Å². The maximum Gasteiger partial charge on any atom is 0.249 e. The van der Waals surface area contributed by atoms with Crippen molar-refractivity contribution in [3.63, 3.8) is 0 Å². The number of nitrogens with one attached hydrogen (secondary N) is 1. The second kappa shape index (κ2) is 6.37. The minimum absolute atomic E-state index is 0.0344. The molecule has 2 aromatic rings. The molecule has 21 heavy (non-hydrogen) atoms. The number of aryl methyl sites for hydroxylation is 1. The Balaban J connectivity index is 2.16. The maximum absolute atomic E-state index is 12.1. The lowest BCUT2D eigenvalue weighted by atomic mass is 10.0.